The van der Waals surface area contributed by atoms with Gasteiger partial charge in [-0.3, -0.25) is 9.36 Å². The SMILES string of the molecule is COCCn1c(SCC(=O)c2cccc(F)c2)nnc1-c1ccc(Cl)cc1. The minimum Gasteiger partial charge on any atom is -0.383 e. The van der Waals surface area contributed by atoms with Crippen LogP contribution in [0, 0.1) is 5.82 Å². The van der Waals surface area contributed by atoms with Crippen LogP contribution < -0.4 is 0 Å². The number of methoxy groups -OCH3 is 1. The zero-order chi connectivity index (χ0) is 19.2. The maximum absolute atomic E-state index is 13.3. The number of ether oxygens (including phenoxy) is 1. The number of nitrogens with zero attached hydrogens (tertiary/aromatic N) is 3. The van der Waals surface area contributed by atoms with Crippen molar-refractivity contribution in [3.05, 3.63) is 64.9 Å². The van der Waals surface area contributed by atoms with Crippen LogP contribution in [0.25, 0.3) is 11.4 Å². The average molecular weight is 406 g/mol. The minimum absolute atomic E-state index is 0.134. The van der Waals surface area contributed by atoms with Crippen molar-refractivity contribution in [2.45, 2.75) is 11.7 Å². The van der Waals surface area contributed by atoms with Crippen LogP contribution in [-0.4, -0.2) is 40.0 Å². The molecule has 0 bridgehead atoms. The van der Waals surface area contributed by atoms with Crippen molar-refractivity contribution in [1.82, 2.24) is 14.8 Å². The largest absolute Gasteiger partial charge is 0.383 e. The van der Waals surface area contributed by atoms with Crippen molar-refractivity contribution >= 4 is 29.1 Å². The quantitative estimate of drug-likeness (QED) is 0.411. The summed E-state index contributed by atoms with van der Waals surface area (Å²) >= 11 is 7.21. The van der Waals surface area contributed by atoms with Gasteiger partial charge in [-0.15, -0.1) is 10.2 Å². The Morgan fingerprint density at radius 2 is 2.00 bits per heavy atom. The van der Waals surface area contributed by atoms with Crippen LogP contribution in [0.4, 0.5) is 4.39 Å². The van der Waals surface area contributed by atoms with E-state index in [1.165, 1.54) is 30.0 Å². The molecule has 2 aromatic carbocycles. The van der Waals surface area contributed by atoms with Crippen LogP contribution in [0.15, 0.2) is 53.7 Å². The molecule has 0 saturated heterocycles. The van der Waals surface area contributed by atoms with Gasteiger partial charge in [-0.2, -0.15) is 0 Å². The van der Waals surface area contributed by atoms with E-state index in [0.717, 1.165) is 5.56 Å². The summed E-state index contributed by atoms with van der Waals surface area (Å²) in [6.07, 6.45) is 0. The summed E-state index contributed by atoms with van der Waals surface area (Å²) in [5.74, 6) is 0.201. The number of Topliss-reactive ketones (excluding diaryl/α,β-unsaturated/α-hetero) is 1. The van der Waals surface area contributed by atoms with Crippen molar-refractivity contribution < 1.29 is 13.9 Å². The number of aromatic nitrogens is 3. The maximum Gasteiger partial charge on any atom is 0.192 e. The second kappa shape index (κ2) is 9.12. The van der Waals surface area contributed by atoms with Crippen LogP contribution in [0.2, 0.25) is 5.02 Å². The molecule has 0 aliphatic rings. The molecule has 5 nitrogen and oxygen atoms in total. The lowest BCUT2D eigenvalue weighted by molar-refractivity contribution is 0.102. The maximum atomic E-state index is 13.3. The Hall–Kier alpha value is -2.22. The summed E-state index contributed by atoms with van der Waals surface area (Å²) in [4.78, 5) is 12.3. The average Bonchev–Trinajstić information content (AvgIpc) is 3.07. The number of benzene rings is 2. The Labute approximate surface area is 165 Å². The number of carbonyl (C=O) groups is 1. The molecule has 0 spiro atoms. The lowest BCUT2D eigenvalue weighted by Crippen LogP contribution is -2.09. The molecule has 3 aromatic rings. The molecule has 1 heterocycles. The molecule has 0 radical (unpaired) electrons. The minimum atomic E-state index is -0.431. The number of rotatable bonds is 8. The third-order valence-corrected chi connectivity index (χ3v) is 5.04. The topological polar surface area (TPSA) is 57.0 Å². The molecule has 0 atom stereocenters. The first kappa shape index (κ1) is 19.5. The van der Waals surface area contributed by atoms with Crippen LogP contribution >= 0.6 is 23.4 Å². The monoisotopic (exact) mass is 405 g/mol. The lowest BCUT2D eigenvalue weighted by atomic mass is 10.1. The van der Waals surface area contributed by atoms with E-state index in [-0.39, 0.29) is 11.5 Å². The number of carbonyl (C=O) groups excluding carboxylic acids is 1. The molecule has 1 aromatic heterocycles. The van der Waals surface area contributed by atoms with Gasteiger partial charge in [-0.1, -0.05) is 35.5 Å². The van der Waals surface area contributed by atoms with Crippen molar-refractivity contribution in [1.29, 1.82) is 0 Å². The van der Waals surface area contributed by atoms with Gasteiger partial charge in [-0.05, 0) is 36.4 Å². The molecule has 0 N–H and O–H groups in total. The zero-order valence-electron chi connectivity index (χ0n) is 14.6. The standard InChI is InChI=1S/C19H17ClFN3O2S/c1-26-10-9-24-18(13-5-7-15(20)8-6-13)22-23-19(24)27-12-17(25)14-3-2-4-16(21)11-14/h2-8,11H,9-10,12H2,1H3. The van der Waals surface area contributed by atoms with E-state index in [0.29, 0.717) is 34.7 Å². The van der Waals surface area contributed by atoms with Crippen molar-refractivity contribution in [3.63, 3.8) is 0 Å². The van der Waals surface area contributed by atoms with E-state index >= 15 is 0 Å². The molecular weight excluding hydrogens is 389 g/mol. The molecule has 3 rings (SSSR count). The van der Waals surface area contributed by atoms with Gasteiger partial charge >= 0.3 is 0 Å². The van der Waals surface area contributed by atoms with Crippen LogP contribution in [0.5, 0.6) is 0 Å². The van der Waals surface area contributed by atoms with Gasteiger partial charge in [0.25, 0.3) is 0 Å². The van der Waals surface area contributed by atoms with E-state index in [4.69, 9.17) is 16.3 Å². The summed E-state index contributed by atoms with van der Waals surface area (Å²) in [6, 6.07) is 13.0. The van der Waals surface area contributed by atoms with Crippen molar-refractivity contribution in [2.75, 3.05) is 19.5 Å². The van der Waals surface area contributed by atoms with Crippen LogP contribution in [0.1, 0.15) is 10.4 Å². The van der Waals surface area contributed by atoms with Crippen molar-refractivity contribution in [2.24, 2.45) is 0 Å². The number of hydrogen-bond donors (Lipinski definition) is 0. The van der Waals surface area contributed by atoms with E-state index in [2.05, 4.69) is 10.2 Å². The van der Waals surface area contributed by atoms with Gasteiger partial charge in [-0.25, -0.2) is 4.39 Å². The molecule has 27 heavy (non-hydrogen) atoms. The molecule has 140 valence electrons. The normalized spacial score (nSPS) is 10.9. The second-order valence-corrected chi connectivity index (χ2v) is 7.06. The molecule has 0 saturated carbocycles. The van der Waals surface area contributed by atoms with Crippen molar-refractivity contribution in [3.8, 4) is 11.4 Å². The predicted octanol–water partition coefficient (Wildman–Crippen LogP) is 4.36. The fourth-order valence-electron chi connectivity index (χ4n) is 2.47. The third kappa shape index (κ3) is 4.94. The number of halogens is 2. The van der Waals surface area contributed by atoms with Gasteiger partial charge in [0.2, 0.25) is 0 Å². The molecule has 0 fully saturated rings. The Bertz CT molecular complexity index is 931. The van der Waals surface area contributed by atoms with Gasteiger partial charge in [0.05, 0.1) is 18.9 Å². The summed E-state index contributed by atoms with van der Waals surface area (Å²) in [6.45, 7) is 1.02. The van der Waals surface area contributed by atoms with E-state index < -0.39 is 5.82 Å². The van der Waals surface area contributed by atoms with Gasteiger partial charge < -0.3 is 4.74 Å². The highest BCUT2D eigenvalue weighted by Gasteiger charge is 2.16. The highest BCUT2D eigenvalue weighted by molar-refractivity contribution is 7.99. The van der Waals surface area contributed by atoms with Gasteiger partial charge in [0, 0.05) is 23.3 Å². The third-order valence-electron chi connectivity index (χ3n) is 3.82. The first-order valence-electron chi connectivity index (χ1n) is 8.18. The first-order chi connectivity index (χ1) is 13.1. The van der Waals surface area contributed by atoms with E-state index in [9.17, 15) is 9.18 Å². The molecule has 8 heteroatoms. The number of ketones is 1. The molecule has 0 aliphatic heterocycles. The fourth-order valence-corrected chi connectivity index (χ4v) is 3.45. The number of thioether (sulfide) groups is 1. The summed E-state index contributed by atoms with van der Waals surface area (Å²) in [5.41, 5.74) is 1.20. The lowest BCUT2D eigenvalue weighted by Gasteiger charge is -2.09. The Balaban J connectivity index is 1.80. The zero-order valence-corrected chi connectivity index (χ0v) is 16.1. The molecule has 0 unspecified atom stereocenters. The van der Waals surface area contributed by atoms with Crippen LogP contribution in [0.3, 0.4) is 0 Å². The highest BCUT2D eigenvalue weighted by Crippen LogP contribution is 2.25. The molecule has 0 aliphatic carbocycles. The summed E-state index contributed by atoms with van der Waals surface area (Å²) < 4.78 is 20.4. The molecule has 0 amide bonds. The smallest absolute Gasteiger partial charge is 0.192 e. The molecular formula is C19H17ClFN3O2S. The Kier molecular flexibility index (Phi) is 6.60. The Morgan fingerprint density at radius 1 is 1.22 bits per heavy atom. The van der Waals surface area contributed by atoms with E-state index in [1.54, 1.807) is 25.3 Å². The second-order valence-electron chi connectivity index (χ2n) is 5.68. The van der Waals surface area contributed by atoms with Gasteiger partial charge in [0.1, 0.15) is 5.82 Å². The van der Waals surface area contributed by atoms with Gasteiger partial charge in [0.15, 0.2) is 16.8 Å². The number of hydrogen-bond acceptors (Lipinski definition) is 5. The summed E-state index contributed by atoms with van der Waals surface area (Å²) in [7, 11) is 1.62. The predicted molar refractivity (Wildman–Crippen MR) is 104 cm³/mol. The van der Waals surface area contributed by atoms with Crippen LogP contribution in [-0.2, 0) is 11.3 Å². The summed E-state index contributed by atoms with van der Waals surface area (Å²) in [5, 5.41) is 9.70. The Morgan fingerprint density at radius 3 is 2.70 bits per heavy atom. The first-order valence-corrected chi connectivity index (χ1v) is 9.54. The fraction of sp³-hybridized carbons (Fsp3) is 0.211. The highest BCUT2D eigenvalue weighted by atomic mass is 35.5. The van der Waals surface area contributed by atoms with E-state index in [1.807, 2.05) is 16.7 Å².